The summed E-state index contributed by atoms with van der Waals surface area (Å²) in [4.78, 5) is 13.2. The maximum absolute atomic E-state index is 13.2. The van der Waals surface area contributed by atoms with Crippen LogP contribution in [0.5, 0.6) is 0 Å². The molecule has 0 aliphatic carbocycles. The summed E-state index contributed by atoms with van der Waals surface area (Å²) in [7, 11) is 0. The van der Waals surface area contributed by atoms with Gasteiger partial charge in [0, 0.05) is 6.42 Å². The van der Waals surface area contributed by atoms with Crippen LogP contribution < -0.4 is 5.32 Å². The number of rotatable bonds is 73. The summed E-state index contributed by atoms with van der Waals surface area (Å²) in [5.74, 6) is -0.182. The highest BCUT2D eigenvalue weighted by atomic mass is 16.7. The van der Waals surface area contributed by atoms with Gasteiger partial charge in [-0.25, -0.2) is 0 Å². The van der Waals surface area contributed by atoms with Crippen molar-refractivity contribution in [2.75, 3.05) is 13.2 Å². The third-order valence-electron chi connectivity index (χ3n) is 19.6. The number of carbonyl (C=O) groups is 1. The first-order valence-electron chi connectivity index (χ1n) is 40.9. The fraction of sp³-hybridized carbons (Fsp3) is 0.892. The number of carbonyl (C=O) groups excluding carboxylic acids is 1. The summed E-state index contributed by atoms with van der Waals surface area (Å²) in [5, 5.41) is 54.9. The summed E-state index contributed by atoms with van der Waals surface area (Å²) in [6.07, 6.45) is 92.8. The second-order valence-corrected chi connectivity index (χ2v) is 28.5. The zero-order chi connectivity index (χ0) is 66.4. The maximum atomic E-state index is 13.2. The minimum Gasteiger partial charge on any atom is -0.394 e. The van der Waals surface area contributed by atoms with Crippen LogP contribution in [0.25, 0.3) is 0 Å². The lowest BCUT2D eigenvalue weighted by Gasteiger charge is -2.40. The Hall–Kier alpha value is -1.85. The molecule has 1 aliphatic heterocycles. The number of aliphatic hydroxyl groups is 5. The van der Waals surface area contributed by atoms with Crippen LogP contribution in [-0.2, 0) is 14.3 Å². The van der Waals surface area contributed by atoms with E-state index in [2.05, 4.69) is 55.6 Å². The van der Waals surface area contributed by atoms with Gasteiger partial charge in [-0.2, -0.15) is 0 Å². The quantitative estimate of drug-likeness (QED) is 0.0261. The second kappa shape index (κ2) is 71.9. The van der Waals surface area contributed by atoms with Gasteiger partial charge in [0.1, 0.15) is 24.4 Å². The van der Waals surface area contributed by atoms with E-state index in [1.807, 2.05) is 6.08 Å². The van der Waals surface area contributed by atoms with Crippen LogP contribution in [0.1, 0.15) is 418 Å². The molecule has 7 atom stereocenters. The van der Waals surface area contributed by atoms with E-state index in [0.29, 0.717) is 6.42 Å². The molecule has 0 spiro atoms. The van der Waals surface area contributed by atoms with Crippen LogP contribution in [-0.4, -0.2) is 87.5 Å². The molecule has 1 fully saturated rings. The fourth-order valence-corrected chi connectivity index (χ4v) is 13.3. The smallest absolute Gasteiger partial charge is 0.220 e. The van der Waals surface area contributed by atoms with E-state index in [1.54, 1.807) is 6.08 Å². The summed E-state index contributed by atoms with van der Waals surface area (Å²) in [6.45, 7) is 3.82. The highest BCUT2D eigenvalue weighted by molar-refractivity contribution is 5.76. The number of unbranched alkanes of at least 4 members (excludes halogenated alkanes) is 57. The van der Waals surface area contributed by atoms with Crippen molar-refractivity contribution >= 4 is 5.91 Å². The SMILES string of the molecule is CCCCCCCCCC/C=C\CCCCCCCCCCCCCCCCCCCCCCCCCCCCCCCC(=O)NC(COC1OC(CO)C(O)C(O)C1O)C(O)/C=C/CC/C=C/CC/C=C/CCCCCCCCCCCCCCCCCCCC. The first kappa shape index (κ1) is 88.2. The van der Waals surface area contributed by atoms with Gasteiger partial charge in [-0.05, 0) is 70.6 Å². The van der Waals surface area contributed by atoms with Gasteiger partial charge in [0.05, 0.1) is 25.4 Å². The lowest BCUT2D eigenvalue weighted by atomic mass is 9.99. The van der Waals surface area contributed by atoms with Crippen molar-refractivity contribution in [2.24, 2.45) is 0 Å². The molecule has 9 nitrogen and oxygen atoms in total. The molecule has 1 aliphatic rings. The first-order chi connectivity index (χ1) is 45.3. The van der Waals surface area contributed by atoms with Crippen molar-refractivity contribution in [1.29, 1.82) is 0 Å². The van der Waals surface area contributed by atoms with Crippen LogP contribution in [0.2, 0.25) is 0 Å². The fourth-order valence-electron chi connectivity index (χ4n) is 13.3. The van der Waals surface area contributed by atoms with E-state index in [-0.39, 0.29) is 12.5 Å². The Morgan fingerprint density at radius 1 is 0.359 bits per heavy atom. The minimum absolute atomic E-state index is 0.182. The lowest BCUT2D eigenvalue weighted by Crippen LogP contribution is -2.60. The molecular formula is C83H157NO8. The molecule has 1 amide bonds. The Morgan fingerprint density at radius 3 is 0.913 bits per heavy atom. The standard InChI is InChI=1S/C83H157NO8/c1-3-5-7-9-11-13-15-17-19-21-23-25-27-29-31-33-34-35-36-37-38-39-40-41-42-43-44-45-47-49-51-53-55-57-59-61-63-65-67-69-71-73-79(87)84-76(75-91-83-82(90)81(89)80(88)78(74-85)92-83)77(86)72-70-68-66-64-62-60-58-56-54-52-50-48-46-32-30-28-26-24-22-20-18-16-14-12-10-8-6-4-2/h21,23,54,56,62,64,70,72,76-78,80-83,85-86,88-90H,3-20,22,24-53,55,57-61,63,65-69,71,73-75H2,1-2H3,(H,84,87)/b23-21-,56-54+,64-62+,72-70+. The van der Waals surface area contributed by atoms with Gasteiger partial charge >= 0.3 is 0 Å². The Morgan fingerprint density at radius 2 is 0.620 bits per heavy atom. The van der Waals surface area contributed by atoms with Crippen LogP contribution in [0.4, 0.5) is 0 Å². The molecule has 1 heterocycles. The average molecular weight is 1300 g/mol. The number of aliphatic hydroxyl groups excluding tert-OH is 5. The molecule has 0 aromatic rings. The molecule has 92 heavy (non-hydrogen) atoms. The minimum atomic E-state index is -1.58. The first-order valence-corrected chi connectivity index (χ1v) is 40.9. The predicted octanol–water partition coefficient (Wildman–Crippen LogP) is 23.5. The van der Waals surface area contributed by atoms with Crippen LogP contribution in [0, 0.1) is 0 Å². The Labute approximate surface area is 571 Å². The molecule has 542 valence electrons. The number of hydrogen-bond donors (Lipinski definition) is 6. The Balaban J connectivity index is 2.05. The van der Waals surface area contributed by atoms with Crippen LogP contribution in [0.15, 0.2) is 48.6 Å². The van der Waals surface area contributed by atoms with Gasteiger partial charge in [0.25, 0.3) is 0 Å². The van der Waals surface area contributed by atoms with Gasteiger partial charge < -0.3 is 40.3 Å². The number of amides is 1. The van der Waals surface area contributed by atoms with E-state index in [1.165, 1.54) is 353 Å². The predicted molar refractivity (Wildman–Crippen MR) is 396 cm³/mol. The summed E-state index contributed by atoms with van der Waals surface area (Å²) in [6, 6.07) is -0.830. The van der Waals surface area contributed by atoms with E-state index < -0.39 is 49.5 Å². The van der Waals surface area contributed by atoms with Crippen molar-refractivity contribution in [3.8, 4) is 0 Å². The maximum Gasteiger partial charge on any atom is 0.220 e. The molecule has 0 saturated carbocycles. The van der Waals surface area contributed by atoms with Crippen molar-refractivity contribution in [2.45, 2.75) is 461 Å². The van der Waals surface area contributed by atoms with E-state index in [0.717, 1.165) is 44.9 Å². The summed E-state index contributed by atoms with van der Waals surface area (Å²) in [5.41, 5.74) is 0. The summed E-state index contributed by atoms with van der Waals surface area (Å²) < 4.78 is 11.3. The molecule has 1 saturated heterocycles. The second-order valence-electron chi connectivity index (χ2n) is 28.5. The molecule has 0 aromatic heterocycles. The molecule has 0 bridgehead atoms. The number of ether oxygens (including phenoxy) is 2. The summed E-state index contributed by atoms with van der Waals surface area (Å²) >= 11 is 0. The van der Waals surface area contributed by atoms with Gasteiger partial charge in [-0.15, -0.1) is 0 Å². The molecule has 9 heteroatoms. The van der Waals surface area contributed by atoms with Crippen molar-refractivity contribution in [3.05, 3.63) is 48.6 Å². The molecule has 0 aromatic carbocycles. The lowest BCUT2D eigenvalue weighted by molar-refractivity contribution is -0.302. The Kier molecular flexibility index (Phi) is 68.9. The van der Waals surface area contributed by atoms with Gasteiger partial charge in [0.2, 0.25) is 5.91 Å². The molecule has 1 rings (SSSR count). The zero-order valence-electron chi connectivity index (χ0n) is 61.1. The zero-order valence-corrected chi connectivity index (χ0v) is 61.1. The third kappa shape index (κ3) is 59.4. The van der Waals surface area contributed by atoms with Gasteiger partial charge in [0.15, 0.2) is 6.29 Å². The van der Waals surface area contributed by atoms with Crippen molar-refractivity contribution in [3.63, 3.8) is 0 Å². The van der Waals surface area contributed by atoms with Crippen molar-refractivity contribution in [1.82, 2.24) is 5.32 Å². The van der Waals surface area contributed by atoms with E-state index >= 15 is 0 Å². The Bertz CT molecular complexity index is 1600. The number of allylic oxidation sites excluding steroid dienone is 7. The topological polar surface area (TPSA) is 149 Å². The molecular weight excluding hydrogens is 1140 g/mol. The highest BCUT2D eigenvalue weighted by Crippen LogP contribution is 2.24. The van der Waals surface area contributed by atoms with Crippen molar-refractivity contribution < 1.29 is 39.8 Å². The number of hydrogen-bond acceptors (Lipinski definition) is 8. The van der Waals surface area contributed by atoms with E-state index in [4.69, 9.17) is 9.47 Å². The van der Waals surface area contributed by atoms with Crippen LogP contribution in [0.3, 0.4) is 0 Å². The largest absolute Gasteiger partial charge is 0.394 e. The monoisotopic (exact) mass is 1300 g/mol. The average Bonchev–Trinajstić information content (AvgIpc) is 1.00. The highest BCUT2D eigenvalue weighted by Gasteiger charge is 2.44. The molecule has 7 unspecified atom stereocenters. The molecule has 0 radical (unpaired) electrons. The van der Waals surface area contributed by atoms with Crippen LogP contribution >= 0.6 is 0 Å². The normalized spacial score (nSPS) is 17.8. The van der Waals surface area contributed by atoms with Gasteiger partial charge in [-0.3, -0.25) is 4.79 Å². The van der Waals surface area contributed by atoms with Gasteiger partial charge in [-0.1, -0.05) is 390 Å². The third-order valence-corrected chi connectivity index (χ3v) is 19.6. The van der Waals surface area contributed by atoms with E-state index in [9.17, 15) is 30.3 Å². The number of nitrogens with one attached hydrogen (secondary N) is 1. The molecule has 6 N–H and O–H groups in total.